The first-order valence-electron chi connectivity index (χ1n) is 25.5. The van der Waals surface area contributed by atoms with Crippen LogP contribution in [0, 0.1) is 0 Å². The first-order valence-corrected chi connectivity index (χ1v) is 26.3. The van der Waals surface area contributed by atoms with Crippen molar-refractivity contribution in [2.24, 2.45) is 0 Å². The number of thiophene rings is 1. The summed E-state index contributed by atoms with van der Waals surface area (Å²) in [6.45, 7) is 0. The Morgan fingerprint density at radius 3 is 1.43 bits per heavy atom. The monoisotopic (exact) mass is 976 g/mol. The molecule has 2 aromatic heterocycles. The normalized spacial score (nSPS) is 11.5. The largest absolute Gasteiger partial charge is 0.310 e. The molecule has 0 saturated carbocycles. The van der Waals surface area contributed by atoms with E-state index in [1.807, 2.05) is 11.3 Å². The van der Waals surface area contributed by atoms with Gasteiger partial charge in [-0.2, -0.15) is 0 Å². The first-order chi connectivity index (χ1) is 37.2. The van der Waals surface area contributed by atoms with Crippen LogP contribution in [-0.2, 0) is 0 Å². The second kappa shape index (κ2) is 18.7. The molecule has 0 aliphatic heterocycles. The lowest BCUT2D eigenvalue weighted by atomic mass is 10.0. The molecule has 0 N–H and O–H groups in total. The van der Waals surface area contributed by atoms with Gasteiger partial charge in [0.05, 0.1) is 16.7 Å². The maximum Gasteiger partial charge on any atom is 0.0561 e. The highest BCUT2D eigenvalue weighted by Gasteiger charge is 2.22. The van der Waals surface area contributed by atoms with Gasteiger partial charge in [0, 0.05) is 87.5 Å². The summed E-state index contributed by atoms with van der Waals surface area (Å²) in [4.78, 5) is 7.16. The lowest BCUT2D eigenvalue weighted by Gasteiger charge is -2.27. The number of benzene rings is 12. The average molecular weight is 977 g/mol. The predicted molar refractivity (Wildman–Crippen MR) is 321 cm³/mol. The molecule has 0 aliphatic rings. The van der Waals surface area contributed by atoms with Gasteiger partial charge in [0.2, 0.25) is 0 Å². The zero-order valence-electron chi connectivity index (χ0n) is 40.9. The smallest absolute Gasteiger partial charge is 0.0561 e. The van der Waals surface area contributed by atoms with Crippen molar-refractivity contribution in [1.29, 1.82) is 0 Å². The number of rotatable bonds is 11. The van der Waals surface area contributed by atoms with Crippen molar-refractivity contribution in [2.75, 3.05) is 14.7 Å². The van der Waals surface area contributed by atoms with E-state index >= 15 is 0 Å². The van der Waals surface area contributed by atoms with E-state index < -0.39 is 0 Å². The molecule has 14 aromatic rings. The SMILES string of the molecule is c1ccc(-c2ccc(N(c3ccc4sc5cc(N(c6ccccc6)c6cccc7ccccc67)ccc5c4c3)c3ccc4c(c3)c3ccc(N(c5ccccc5)c5ccccc5)cc3n4-c3ccccc3)cc2)cc1. The zero-order chi connectivity index (χ0) is 49.7. The summed E-state index contributed by atoms with van der Waals surface area (Å²) in [6.07, 6.45) is 0. The summed E-state index contributed by atoms with van der Waals surface area (Å²) in [5, 5.41) is 7.27. The van der Waals surface area contributed by atoms with Crippen molar-refractivity contribution in [2.45, 2.75) is 0 Å². The van der Waals surface area contributed by atoms with E-state index in [-0.39, 0.29) is 0 Å². The third-order valence-corrected chi connectivity index (χ3v) is 15.6. The fourth-order valence-corrected chi connectivity index (χ4v) is 12.2. The molecule has 75 heavy (non-hydrogen) atoms. The van der Waals surface area contributed by atoms with Gasteiger partial charge < -0.3 is 19.3 Å². The first kappa shape index (κ1) is 44.1. The molecular weight excluding hydrogens is 929 g/mol. The van der Waals surface area contributed by atoms with Gasteiger partial charge in [-0.3, -0.25) is 0 Å². The van der Waals surface area contributed by atoms with Crippen LogP contribution in [0.25, 0.3) is 69.6 Å². The molecule has 354 valence electrons. The number of hydrogen-bond acceptors (Lipinski definition) is 4. The lowest BCUT2D eigenvalue weighted by Crippen LogP contribution is -2.10. The summed E-state index contributed by atoms with van der Waals surface area (Å²) < 4.78 is 4.91. The summed E-state index contributed by atoms with van der Waals surface area (Å²) in [5.41, 5.74) is 15.7. The van der Waals surface area contributed by atoms with Gasteiger partial charge in [-0.15, -0.1) is 11.3 Å². The third kappa shape index (κ3) is 7.94. The number of aromatic nitrogens is 1. The Morgan fingerprint density at radius 2 is 0.733 bits per heavy atom. The zero-order valence-corrected chi connectivity index (χ0v) is 41.7. The van der Waals surface area contributed by atoms with Crippen LogP contribution in [0.1, 0.15) is 0 Å². The van der Waals surface area contributed by atoms with Gasteiger partial charge >= 0.3 is 0 Å². The number of fused-ring (bicyclic) bond motifs is 7. The van der Waals surface area contributed by atoms with Gasteiger partial charge in [0.1, 0.15) is 0 Å². The van der Waals surface area contributed by atoms with E-state index in [0.717, 1.165) is 67.9 Å². The molecule has 14 rings (SSSR count). The van der Waals surface area contributed by atoms with Crippen LogP contribution in [-0.4, -0.2) is 4.57 Å². The van der Waals surface area contributed by atoms with E-state index in [1.165, 1.54) is 52.8 Å². The van der Waals surface area contributed by atoms with E-state index in [9.17, 15) is 0 Å². The van der Waals surface area contributed by atoms with Crippen LogP contribution >= 0.6 is 11.3 Å². The highest BCUT2D eigenvalue weighted by atomic mass is 32.1. The Morgan fingerprint density at radius 1 is 0.253 bits per heavy atom. The lowest BCUT2D eigenvalue weighted by molar-refractivity contribution is 1.17. The maximum atomic E-state index is 2.43. The van der Waals surface area contributed by atoms with Gasteiger partial charge in [0.25, 0.3) is 0 Å². The van der Waals surface area contributed by atoms with Crippen molar-refractivity contribution >= 4 is 115 Å². The van der Waals surface area contributed by atoms with Gasteiger partial charge in [-0.25, -0.2) is 0 Å². The minimum atomic E-state index is 1.08. The molecule has 0 aliphatic carbocycles. The molecule has 0 radical (unpaired) electrons. The fraction of sp³-hybridized carbons (Fsp3) is 0. The van der Waals surface area contributed by atoms with E-state index in [4.69, 9.17) is 0 Å². The summed E-state index contributed by atoms with van der Waals surface area (Å²) in [5.74, 6) is 0. The van der Waals surface area contributed by atoms with Crippen molar-refractivity contribution < 1.29 is 0 Å². The Labute approximate surface area is 440 Å². The van der Waals surface area contributed by atoms with Crippen LogP contribution in [0.15, 0.2) is 291 Å². The van der Waals surface area contributed by atoms with Crippen LogP contribution < -0.4 is 14.7 Å². The molecule has 0 unspecified atom stereocenters. The molecule has 12 aromatic carbocycles. The van der Waals surface area contributed by atoms with Gasteiger partial charge in [0.15, 0.2) is 0 Å². The summed E-state index contributed by atoms with van der Waals surface area (Å²) >= 11 is 1.85. The Kier molecular flexibility index (Phi) is 11.0. The van der Waals surface area contributed by atoms with Crippen LogP contribution in [0.2, 0.25) is 0 Å². The van der Waals surface area contributed by atoms with Crippen LogP contribution in [0.5, 0.6) is 0 Å². The summed E-state index contributed by atoms with van der Waals surface area (Å²) in [6, 6.07) is 106. The molecule has 0 fully saturated rings. The number of para-hydroxylation sites is 4. The molecule has 0 spiro atoms. The molecule has 4 nitrogen and oxygen atoms in total. The standard InChI is InChI=1S/C70H48N4S/c1-6-19-49(20-7-1)50-33-35-56(36-34-50)72(58-40-44-69-65(46-58)63-42-38-60(48-70(63)75-69)73(54-27-12-4-13-28-54)66-32-18-22-51-21-16-17-31-61(51)66)57-39-43-67-64(45-57)62-41-37-59(47-68(62)74(67)55-29-14-5-15-30-55)71(52-23-8-2-9-24-52)53-25-10-3-11-26-53/h1-48H. The topological polar surface area (TPSA) is 14.7 Å². The number of anilines is 9. The Balaban J connectivity index is 0.930. The van der Waals surface area contributed by atoms with Crippen LogP contribution in [0.4, 0.5) is 51.2 Å². The van der Waals surface area contributed by atoms with Crippen molar-refractivity contribution in [1.82, 2.24) is 4.57 Å². The van der Waals surface area contributed by atoms with E-state index in [0.29, 0.717) is 0 Å². The molecule has 0 amide bonds. The Bertz CT molecular complexity index is 4300. The number of nitrogens with zero attached hydrogens (tertiary/aromatic N) is 4. The van der Waals surface area contributed by atoms with E-state index in [1.54, 1.807) is 0 Å². The van der Waals surface area contributed by atoms with Crippen molar-refractivity contribution in [3.8, 4) is 16.8 Å². The molecular formula is C70H48N4S. The highest BCUT2D eigenvalue weighted by Crippen LogP contribution is 2.47. The third-order valence-electron chi connectivity index (χ3n) is 14.5. The number of hydrogen-bond donors (Lipinski definition) is 0. The maximum absolute atomic E-state index is 2.43. The van der Waals surface area contributed by atoms with Crippen LogP contribution in [0.3, 0.4) is 0 Å². The average Bonchev–Trinajstić information content (AvgIpc) is 4.03. The van der Waals surface area contributed by atoms with Crippen molar-refractivity contribution in [3.05, 3.63) is 291 Å². The second-order valence-electron chi connectivity index (χ2n) is 19.0. The summed E-state index contributed by atoms with van der Waals surface area (Å²) in [7, 11) is 0. The van der Waals surface area contributed by atoms with Gasteiger partial charge in [-0.1, -0.05) is 164 Å². The minimum absolute atomic E-state index is 1.08. The minimum Gasteiger partial charge on any atom is -0.310 e. The Hall–Kier alpha value is -9.68. The molecule has 5 heteroatoms. The molecule has 0 bridgehead atoms. The van der Waals surface area contributed by atoms with Crippen molar-refractivity contribution in [3.63, 3.8) is 0 Å². The van der Waals surface area contributed by atoms with Gasteiger partial charge in [-0.05, 0) is 144 Å². The molecule has 0 atom stereocenters. The predicted octanol–water partition coefficient (Wildman–Crippen LogP) is 20.4. The molecule has 2 heterocycles. The highest BCUT2D eigenvalue weighted by molar-refractivity contribution is 7.25. The van der Waals surface area contributed by atoms with E-state index in [2.05, 4.69) is 310 Å². The second-order valence-corrected chi connectivity index (χ2v) is 20.0. The molecule has 0 saturated heterocycles. The quantitative estimate of drug-likeness (QED) is 0.128. The fourth-order valence-electron chi connectivity index (χ4n) is 11.1.